The maximum atomic E-state index is 12.5. The fourth-order valence-corrected chi connectivity index (χ4v) is 1.95. The highest BCUT2D eigenvalue weighted by atomic mass is 16.2. The highest BCUT2D eigenvalue weighted by Crippen LogP contribution is 2.20. The minimum Gasteiger partial charge on any atom is -0.398 e. The lowest BCUT2D eigenvalue weighted by Crippen LogP contribution is -2.27. The van der Waals surface area contributed by atoms with Gasteiger partial charge in [0, 0.05) is 24.0 Å². The van der Waals surface area contributed by atoms with Crippen LogP contribution in [0, 0.1) is 13.8 Å². The molecule has 0 heterocycles. The third-order valence-electron chi connectivity index (χ3n) is 3.33. The quantitative estimate of drug-likeness (QED) is 0.837. The summed E-state index contributed by atoms with van der Waals surface area (Å²) in [4.78, 5) is 14.1. The molecule has 0 aliphatic carbocycles. The molecule has 2 aromatic rings. The van der Waals surface area contributed by atoms with E-state index in [-0.39, 0.29) is 5.91 Å². The van der Waals surface area contributed by atoms with Crippen molar-refractivity contribution in [2.75, 3.05) is 17.7 Å². The number of nitrogen functional groups attached to an aromatic ring is 1. The summed E-state index contributed by atoms with van der Waals surface area (Å²) in [5.74, 6) is -0.0475. The van der Waals surface area contributed by atoms with Crippen molar-refractivity contribution in [1.82, 2.24) is 0 Å². The summed E-state index contributed by atoms with van der Waals surface area (Å²) in [5, 5.41) is 0. The average Bonchev–Trinajstić information content (AvgIpc) is 2.41. The summed E-state index contributed by atoms with van der Waals surface area (Å²) in [7, 11) is 1.77. The molecule has 0 radical (unpaired) electrons. The van der Waals surface area contributed by atoms with Gasteiger partial charge in [-0.25, -0.2) is 0 Å². The number of nitrogens with two attached hydrogens (primary N) is 1. The van der Waals surface area contributed by atoms with Gasteiger partial charge in [0.15, 0.2) is 0 Å². The SMILES string of the molecule is Cc1ccc(N(C)C(=O)c2cccc(N)c2C)cc1. The van der Waals surface area contributed by atoms with Gasteiger partial charge < -0.3 is 10.6 Å². The average molecular weight is 254 g/mol. The molecule has 0 aliphatic heterocycles. The van der Waals surface area contributed by atoms with Gasteiger partial charge in [-0.05, 0) is 43.7 Å². The number of benzene rings is 2. The molecule has 98 valence electrons. The number of hydrogen-bond donors (Lipinski definition) is 1. The van der Waals surface area contributed by atoms with Crippen LogP contribution in [-0.2, 0) is 0 Å². The van der Waals surface area contributed by atoms with Crippen LogP contribution in [0.1, 0.15) is 21.5 Å². The van der Waals surface area contributed by atoms with Gasteiger partial charge in [0.1, 0.15) is 0 Å². The second-order valence-electron chi connectivity index (χ2n) is 4.72. The van der Waals surface area contributed by atoms with Gasteiger partial charge in [-0.1, -0.05) is 23.8 Å². The molecule has 2 aromatic carbocycles. The first-order valence-corrected chi connectivity index (χ1v) is 6.20. The number of rotatable bonds is 2. The topological polar surface area (TPSA) is 46.3 Å². The smallest absolute Gasteiger partial charge is 0.258 e. The van der Waals surface area contributed by atoms with Gasteiger partial charge in [-0.15, -0.1) is 0 Å². The van der Waals surface area contributed by atoms with E-state index in [4.69, 9.17) is 5.73 Å². The van der Waals surface area contributed by atoms with Crippen molar-refractivity contribution in [2.24, 2.45) is 0 Å². The van der Waals surface area contributed by atoms with Crippen LogP contribution in [-0.4, -0.2) is 13.0 Å². The van der Waals surface area contributed by atoms with Crippen LogP contribution in [0.4, 0.5) is 11.4 Å². The van der Waals surface area contributed by atoms with E-state index < -0.39 is 0 Å². The Morgan fingerprint density at radius 2 is 1.68 bits per heavy atom. The Hall–Kier alpha value is -2.29. The van der Waals surface area contributed by atoms with Gasteiger partial charge in [-0.2, -0.15) is 0 Å². The monoisotopic (exact) mass is 254 g/mol. The van der Waals surface area contributed by atoms with Gasteiger partial charge >= 0.3 is 0 Å². The van der Waals surface area contributed by atoms with Crippen LogP contribution in [0.3, 0.4) is 0 Å². The van der Waals surface area contributed by atoms with Crippen LogP contribution in [0.2, 0.25) is 0 Å². The number of carbonyl (C=O) groups is 1. The summed E-state index contributed by atoms with van der Waals surface area (Å²) < 4.78 is 0. The number of anilines is 2. The lowest BCUT2D eigenvalue weighted by molar-refractivity contribution is 0.0992. The van der Waals surface area contributed by atoms with Gasteiger partial charge in [0.05, 0.1) is 0 Å². The predicted molar refractivity (Wildman–Crippen MR) is 79.5 cm³/mol. The fraction of sp³-hybridized carbons (Fsp3) is 0.188. The highest BCUT2D eigenvalue weighted by Gasteiger charge is 2.16. The Bertz CT molecular complexity index is 603. The van der Waals surface area contributed by atoms with Crippen LogP contribution >= 0.6 is 0 Å². The zero-order valence-electron chi connectivity index (χ0n) is 11.5. The van der Waals surface area contributed by atoms with Crippen molar-refractivity contribution in [3.05, 3.63) is 59.2 Å². The first-order valence-electron chi connectivity index (χ1n) is 6.20. The molecule has 0 spiro atoms. The van der Waals surface area contributed by atoms with Crippen molar-refractivity contribution >= 4 is 17.3 Å². The lowest BCUT2D eigenvalue weighted by atomic mass is 10.1. The molecule has 0 fully saturated rings. The molecule has 0 saturated heterocycles. The zero-order valence-corrected chi connectivity index (χ0v) is 11.5. The number of carbonyl (C=O) groups excluding carboxylic acids is 1. The van der Waals surface area contributed by atoms with Crippen molar-refractivity contribution in [3.8, 4) is 0 Å². The van der Waals surface area contributed by atoms with E-state index in [1.807, 2.05) is 38.1 Å². The summed E-state index contributed by atoms with van der Waals surface area (Å²) in [5.41, 5.74) is 10.00. The Kier molecular flexibility index (Phi) is 3.56. The second kappa shape index (κ2) is 5.14. The number of amides is 1. The molecular weight excluding hydrogens is 236 g/mol. The van der Waals surface area contributed by atoms with Gasteiger partial charge in [-0.3, -0.25) is 4.79 Å². The van der Waals surface area contributed by atoms with Crippen LogP contribution < -0.4 is 10.6 Å². The number of aryl methyl sites for hydroxylation is 1. The van der Waals surface area contributed by atoms with Crippen molar-refractivity contribution in [2.45, 2.75) is 13.8 Å². The van der Waals surface area contributed by atoms with Crippen LogP contribution in [0.15, 0.2) is 42.5 Å². The fourth-order valence-electron chi connectivity index (χ4n) is 1.95. The van der Waals surface area contributed by atoms with Crippen molar-refractivity contribution in [1.29, 1.82) is 0 Å². The van der Waals surface area contributed by atoms with E-state index in [2.05, 4.69) is 0 Å². The molecule has 1 amide bonds. The Labute approximate surface area is 113 Å². The molecule has 2 rings (SSSR count). The van der Waals surface area contributed by atoms with Crippen molar-refractivity contribution < 1.29 is 4.79 Å². The van der Waals surface area contributed by atoms with Crippen molar-refractivity contribution in [3.63, 3.8) is 0 Å². The normalized spacial score (nSPS) is 10.3. The standard InChI is InChI=1S/C16H18N2O/c1-11-7-9-13(10-8-11)18(3)16(19)14-5-4-6-15(17)12(14)2/h4-10H,17H2,1-3H3. The summed E-state index contributed by atoms with van der Waals surface area (Å²) in [6, 6.07) is 13.3. The number of hydrogen-bond acceptors (Lipinski definition) is 2. The molecule has 0 atom stereocenters. The molecule has 19 heavy (non-hydrogen) atoms. The minimum atomic E-state index is -0.0475. The minimum absolute atomic E-state index is 0.0475. The Morgan fingerprint density at radius 3 is 2.32 bits per heavy atom. The van der Waals surface area contributed by atoms with Crippen LogP contribution in [0.25, 0.3) is 0 Å². The summed E-state index contributed by atoms with van der Waals surface area (Å²) >= 11 is 0. The summed E-state index contributed by atoms with van der Waals surface area (Å²) in [6.07, 6.45) is 0. The molecule has 0 saturated carbocycles. The molecule has 3 nitrogen and oxygen atoms in total. The van der Waals surface area contributed by atoms with Crippen LogP contribution in [0.5, 0.6) is 0 Å². The molecule has 0 aliphatic rings. The second-order valence-corrected chi connectivity index (χ2v) is 4.72. The maximum Gasteiger partial charge on any atom is 0.258 e. The van der Waals surface area contributed by atoms with E-state index in [9.17, 15) is 4.79 Å². The highest BCUT2D eigenvalue weighted by molar-refractivity contribution is 6.07. The number of nitrogens with zero attached hydrogens (tertiary/aromatic N) is 1. The Morgan fingerprint density at radius 1 is 1.05 bits per heavy atom. The van der Waals surface area contributed by atoms with Gasteiger partial charge in [0.25, 0.3) is 5.91 Å². The van der Waals surface area contributed by atoms with Gasteiger partial charge in [0.2, 0.25) is 0 Å². The first-order chi connectivity index (χ1) is 9.00. The van der Waals surface area contributed by atoms with E-state index >= 15 is 0 Å². The zero-order chi connectivity index (χ0) is 14.0. The van der Waals surface area contributed by atoms with E-state index in [1.54, 1.807) is 30.1 Å². The molecular formula is C16H18N2O. The molecule has 0 bridgehead atoms. The van der Waals surface area contributed by atoms with E-state index in [0.717, 1.165) is 11.3 Å². The predicted octanol–water partition coefficient (Wildman–Crippen LogP) is 3.16. The third-order valence-corrected chi connectivity index (χ3v) is 3.33. The summed E-state index contributed by atoms with van der Waals surface area (Å²) in [6.45, 7) is 3.89. The van der Waals surface area contributed by atoms with E-state index in [1.165, 1.54) is 5.56 Å². The molecule has 0 unspecified atom stereocenters. The van der Waals surface area contributed by atoms with E-state index in [0.29, 0.717) is 11.3 Å². The molecule has 3 heteroatoms. The molecule has 0 aromatic heterocycles. The lowest BCUT2D eigenvalue weighted by Gasteiger charge is -2.19. The third kappa shape index (κ3) is 2.60. The maximum absolute atomic E-state index is 12.5. The Balaban J connectivity index is 2.33. The first kappa shape index (κ1) is 13.1. The molecule has 2 N–H and O–H groups in total. The largest absolute Gasteiger partial charge is 0.398 e.